The van der Waals surface area contributed by atoms with Crippen LogP contribution < -0.4 is 5.32 Å². The molecule has 1 aliphatic rings. The van der Waals surface area contributed by atoms with E-state index in [-0.39, 0.29) is 11.7 Å². The molecule has 0 fully saturated rings. The summed E-state index contributed by atoms with van der Waals surface area (Å²) >= 11 is 1.58. The molecule has 0 unspecified atom stereocenters. The predicted molar refractivity (Wildman–Crippen MR) is 93.6 cm³/mol. The summed E-state index contributed by atoms with van der Waals surface area (Å²) in [5.41, 5.74) is 3.82. The fourth-order valence-corrected chi connectivity index (χ4v) is 4.15. The highest BCUT2D eigenvalue weighted by Crippen LogP contribution is 2.26. The molecule has 1 aromatic carbocycles. The van der Waals surface area contributed by atoms with Crippen molar-refractivity contribution in [2.24, 2.45) is 0 Å². The van der Waals surface area contributed by atoms with Crippen molar-refractivity contribution in [3.8, 4) is 0 Å². The van der Waals surface area contributed by atoms with Crippen LogP contribution in [0, 0.1) is 6.92 Å². The summed E-state index contributed by atoms with van der Waals surface area (Å²) < 4.78 is 1.11. The SMILES string of the molecule is Cc1c(C(=O)NCc2nc3ccccc3s2)[nH]c2c1C(=O)CCC2. The molecule has 122 valence electrons. The Balaban J connectivity index is 1.53. The molecule has 0 aliphatic heterocycles. The molecule has 2 heterocycles. The number of thiazole rings is 1. The minimum Gasteiger partial charge on any atom is -0.354 e. The maximum atomic E-state index is 12.5. The first-order chi connectivity index (χ1) is 11.6. The lowest BCUT2D eigenvalue weighted by atomic mass is 9.94. The van der Waals surface area contributed by atoms with Gasteiger partial charge in [0.15, 0.2) is 5.78 Å². The largest absolute Gasteiger partial charge is 0.354 e. The van der Waals surface area contributed by atoms with Gasteiger partial charge in [0, 0.05) is 17.7 Å². The topological polar surface area (TPSA) is 74.8 Å². The van der Waals surface area contributed by atoms with Crippen LogP contribution in [0.15, 0.2) is 24.3 Å². The Morgan fingerprint density at radius 1 is 1.33 bits per heavy atom. The summed E-state index contributed by atoms with van der Waals surface area (Å²) in [6, 6.07) is 7.92. The third-order valence-corrected chi connectivity index (χ3v) is 5.44. The van der Waals surface area contributed by atoms with Crippen LogP contribution in [0.2, 0.25) is 0 Å². The van der Waals surface area contributed by atoms with Gasteiger partial charge in [0.2, 0.25) is 0 Å². The maximum Gasteiger partial charge on any atom is 0.268 e. The smallest absolute Gasteiger partial charge is 0.268 e. The number of aromatic nitrogens is 2. The highest BCUT2D eigenvalue weighted by molar-refractivity contribution is 7.18. The monoisotopic (exact) mass is 339 g/mol. The van der Waals surface area contributed by atoms with E-state index >= 15 is 0 Å². The van der Waals surface area contributed by atoms with E-state index in [0.29, 0.717) is 24.2 Å². The molecule has 0 radical (unpaired) electrons. The first kappa shape index (κ1) is 15.1. The van der Waals surface area contributed by atoms with Crippen LogP contribution in [0.25, 0.3) is 10.2 Å². The van der Waals surface area contributed by atoms with Crippen molar-refractivity contribution in [1.82, 2.24) is 15.3 Å². The Hall–Kier alpha value is -2.47. The van der Waals surface area contributed by atoms with E-state index in [9.17, 15) is 9.59 Å². The molecule has 0 spiro atoms. The number of aromatic amines is 1. The lowest BCUT2D eigenvalue weighted by Crippen LogP contribution is -2.23. The number of H-pyrrole nitrogens is 1. The summed E-state index contributed by atoms with van der Waals surface area (Å²) in [6.45, 7) is 2.22. The van der Waals surface area contributed by atoms with Gasteiger partial charge in [0.25, 0.3) is 5.91 Å². The van der Waals surface area contributed by atoms with Crippen molar-refractivity contribution >= 4 is 33.2 Å². The summed E-state index contributed by atoms with van der Waals surface area (Å²) in [5, 5.41) is 3.78. The number of carbonyl (C=O) groups excluding carboxylic acids is 2. The van der Waals surface area contributed by atoms with E-state index < -0.39 is 0 Å². The number of benzene rings is 1. The fourth-order valence-electron chi connectivity index (χ4n) is 3.24. The molecular formula is C18H17N3O2S. The standard InChI is InChI=1S/C18H17N3O2S/c1-10-16-12(6-4-7-13(16)22)21-17(10)18(23)19-9-15-20-11-5-2-3-8-14(11)24-15/h2-3,5,8,21H,4,6-7,9H2,1H3,(H,19,23). The molecule has 1 amide bonds. The minimum atomic E-state index is -0.186. The van der Waals surface area contributed by atoms with Gasteiger partial charge in [-0.3, -0.25) is 9.59 Å². The molecule has 0 bridgehead atoms. The lowest BCUT2D eigenvalue weighted by molar-refractivity contribution is 0.0945. The highest BCUT2D eigenvalue weighted by atomic mass is 32.1. The maximum absolute atomic E-state index is 12.5. The summed E-state index contributed by atoms with van der Waals surface area (Å²) in [7, 11) is 0. The van der Waals surface area contributed by atoms with Crippen LogP contribution in [0.3, 0.4) is 0 Å². The molecule has 24 heavy (non-hydrogen) atoms. The van der Waals surface area contributed by atoms with Gasteiger partial charge in [0.1, 0.15) is 10.7 Å². The lowest BCUT2D eigenvalue weighted by Gasteiger charge is -2.09. The van der Waals surface area contributed by atoms with E-state index in [1.54, 1.807) is 11.3 Å². The van der Waals surface area contributed by atoms with Gasteiger partial charge in [-0.05, 0) is 37.5 Å². The third kappa shape index (κ3) is 2.53. The van der Waals surface area contributed by atoms with Gasteiger partial charge in [0.05, 0.1) is 16.8 Å². The van der Waals surface area contributed by atoms with Crippen LogP contribution in [0.1, 0.15) is 50.0 Å². The number of rotatable bonds is 3. The number of fused-ring (bicyclic) bond motifs is 2. The fraction of sp³-hybridized carbons (Fsp3) is 0.278. The first-order valence-corrected chi connectivity index (χ1v) is 8.82. The minimum absolute atomic E-state index is 0.134. The average Bonchev–Trinajstić information content (AvgIpc) is 3.14. The van der Waals surface area contributed by atoms with Gasteiger partial charge >= 0.3 is 0 Å². The van der Waals surface area contributed by atoms with Crippen LogP contribution in [0.5, 0.6) is 0 Å². The van der Waals surface area contributed by atoms with E-state index in [4.69, 9.17) is 0 Å². The van der Waals surface area contributed by atoms with Crippen molar-refractivity contribution in [2.75, 3.05) is 0 Å². The zero-order valence-corrected chi connectivity index (χ0v) is 14.1. The van der Waals surface area contributed by atoms with E-state index in [0.717, 1.165) is 39.3 Å². The van der Waals surface area contributed by atoms with Crippen LogP contribution in [0.4, 0.5) is 0 Å². The number of nitrogens with one attached hydrogen (secondary N) is 2. The second kappa shape index (κ2) is 5.87. The van der Waals surface area contributed by atoms with Gasteiger partial charge in [-0.1, -0.05) is 12.1 Å². The molecule has 3 aromatic rings. The summed E-state index contributed by atoms with van der Waals surface area (Å²) in [6.07, 6.45) is 2.24. The number of aryl methyl sites for hydroxylation is 1. The number of hydrogen-bond acceptors (Lipinski definition) is 4. The Morgan fingerprint density at radius 2 is 2.17 bits per heavy atom. The Morgan fingerprint density at radius 3 is 2.96 bits per heavy atom. The molecule has 2 aromatic heterocycles. The molecule has 0 atom stereocenters. The van der Waals surface area contributed by atoms with Crippen LogP contribution >= 0.6 is 11.3 Å². The Labute approximate surface area is 143 Å². The molecule has 1 aliphatic carbocycles. The molecule has 6 heteroatoms. The summed E-state index contributed by atoms with van der Waals surface area (Å²) in [5.74, 6) is -0.0517. The molecule has 4 rings (SSSR count). The summed E-state index contributed by atoms with van der Waals surface area (Å²) in [4.78, 5) is 32.2. The highest BCUT2D eigenvalue weighted by Gasteiger charge is 2.26. The number of hydrogen-bond donors (Lipinski definition) is 2. The molecule has 2 N–H and O–H groups in total. The van der Waals surface area contributed by atoms with Gasteiger partial charge in [-0.25, -0.2) is 4.98 Å². The van der Waals surface area contributed by atoms with Crippen molar-refractivity contribution < 1.29 is 9.59 Å². The number of carbonyl (C=O) groups is 2. The van der Waals surface area contributed by atoms with Crippen molar-refractivity contribution in [3.05, 3.63) is 51.8 Å². The quantitative estimate of drug-likeness (QED) is 0.768. The number of nitrogens with zero attached hydrogens (tertiary/aromatic N) is 1. The van der Waals surface area contributed by atoms with Crippen molar-refractivity contribution in [2.45, 2.75) is 32.7 Å². The average molecular weight is 339 g/mol. The Kier molecular flexibility index (Phi) is 3.69. The van der Waals surface area contributed by atoms with Gasteiger partial charge < -0.3 is 10.3 Å². The number of Topliss-reactive ketones (excluding diaryl/α,β-unsaturated/α-hetero) is 1. The van der Waals surface area contributed by atoms with E-state index in [2.05, 4.69) is 15.3 Å². The molecule has 0 saturated heterocycles. The second-order valence-corrected chi connectivity index (χ2v) is 7.13. The normalized spacial score (nSPS) is 14.0. The zero-order valence-electron chi connectivity index (χ0n) is 13.3. The Bertz CT molecular complexity index is 921. The molecular weight excluding hydrogens is 322 g/mol. The van der Waals surface area contributed by atoms with Crippen LogP contribution in [-0.2, 0) is 13.0 Å². The molecule has 0 saturated carbocycles. The number of ketones is 1. The number of amides is 1. The molecule has 5 nitrogen and oxygen atoms in total. The van der Waals surface area contributed by atoms with Crippen molar-refractivity contribution in [1.29, 1.82) is 0 Å². The number of para-hydroxylation sites is 1. The van der Waals surface area contributed by atoms with Crippen molar-refractivity contribution in [3.63, 3.8) is 0 Å². The predicted octanol–water partition coefficient (Wildman–Crippen LogP) is 3.38. The zero-order chi connectivity index (χ0) is 16.7. The van der Waals surface area contributed by atoms with E-state index in [1.807, 2.05) is 31.2 Å². The van der Waals surface area contributed by atoms with E-state index in [1.165, 1.54) is 0 Å². The van der Waals surface area contributed by atoms with Gasteiger partial charge in [-0.15, -0.1) is 11.3 Å². The third-order valence-electron chi connectivity index (χ3n) is 4.40. The second-order valence-electron chi connectivity index (χ2n) is 6.01. The van der Waals surface area contributed by atoms with Crippen LogP contribution in [-0.4, -0.2) is 21.7 Å². The first-order valence-electron chi connectivity index (χ1n) is 8.01. The van der Waals surface area contributed by atoms with Gasteiger partial charge in [-0.2, -0.15) is 0 Å².